The molecule has 184 valence electrons. The Morgan fingerprint density at radius 3 is 2.57 bits per heavy atom. The average molecular weight is 521 g/mol. The molecule has 1 aliphatic heterocycles. The molecule has 11 heteroatoms. The highest BCUT2D eigenvalue weighted by Gasteiger charge is 2.27. The van der Waals surface area contributed by atoms with Crippen molar-refractivity contribution in [2.45, 2.75) is 18.5 Å². The van der Waals surface area contributed by atoms with Gasteiger partial charge < -0.3 is 24.8 Å². The van der Waals surface area contributed by atoms with Crippen LogP contribution in [0.25, 0.3) is 22.0 Å². The van der Waals surface area contributed by atoms with Gasteiger partial charge in [0.05, 0.1) is 48.5 Å². The van der Waals surface area contributed by atoms with Crippen LogP contribution in [0.2, 0.25) is 10.0 Å². The van der Waals surface area contributed by atoms with Gasteiger partial charge in [0.25, 0.3) is 0 Å². The lowest BCUT2D eigenvalue weighted by Crippen LogP contribution is -2.52. The zero-order valence-corrected chi connectivity index (χ0v) is 20.5. The standard InChI is InChI=1S/C24H23Cl2FN4O4/c1-4-20(32)29-15-5-6-35-11-17(15)31-24-28-10-12-7-13(14(27)8-16(12)30-24)21-22(25)18(33-2)9-19(34-3)23(21)26/h4,7-10,15,17H,1,5-6,11H2,2-3H3,(H,29,32)(H,28,30,31). The predicted octanol–water partition coefficient (Wildman–Crippen LogP) is 4.63. The minimum absolute atomic E-state index is 0.153. The number of ether oxygens (including phenoxy) is 3. The monoisotopic (exact) mass is 520 g/mol. The van der Waals surface area contributed by atoms with E-state index in [-0.39, 0.29) is 45.1 Å². The summed E-state index contributed by atoms with van der Waals surface area (Å²) in [6.45, 7) is 4.36. The second-order valence-electron chi connectivity index (χ2n) is 7.80. The van der Waals surface area contributed by atoms with E-state index in [1.54, 1.807) is 12.3 Å². The van der Waals surface area contributed by atoms with E-state index in [0.717, 1.165) is 0 Å². The van der Waals surface area contributed by atoms with Crippen molar-refractivity contribution in [1.82, 2.24) is 15.3 Å². The number of halogens is 3. The topological polar surface area (TPSA) is 94.6 Å². The summed E-state index contributed by atoms with van der Waals surface area (Å²) in [7, 11) is 2.89. The first-order valence-corrected chi connectivity index (χ1v) is 11.5. The molecule has 2 atom stereocenters. The lowest BCUT2D eigenvalue weighted by Gasteiger charge is -2.32. The van der Waals surface area contributed by atoms with Crippen LogP contribution in [-0.2, 0) is 9.53 Å². The number of fused-ring (bicyclic) bond motifs is 1. The van der Waals surface area contributed by atoms with Crippen molar-refractivity contribution < 1.29 is 23.4 Å². The van der Waals surface area contributed by atoms with Gasteiger partial charge in [0.1, 0.15) is 17.3 Å². The van der Waals surface area contributed by atoms with Gasteiger partial charge in [-0.05, 0) is 18.6 Å². The van der Waals surface area contributed by atoms with E-state index in [1.807, 2.05) is 0 Å². The van der Waals surface area contributed by atoms with Crippen LogP contribution in [0.5, 0.6) is 11.5 Å². The first-order valence-electron chi connectivity index (χ1n) is 10.7. The zero-order valence-electron chi connectivity index (χ0n) is 19.0. The number of hydrogen-bond acceptors (Lipinski definition) is 7. The van der Waals surface area contributed by atoms with E-state index in [1.165, 1.54) is 32.4 Å². The Morgan fingerprint density at radius 1 is 1.20 bits per heavy atom. The molecule has 1 amide bonds. The fourth-order valence-electron chi connectivity index (χ4n) is 3.90. The fraction of sp³-hybridized carbons (Fsp3) is 0.292. The SMILES string of the molecule is C=CC(=O)NC1CCOCC1Nc1ncc2cc(-c3c(Cl)c(OC)cc(OC)c3Cl)c(F)cc2n1. The Labute approximate surface area is 211 Å². The van der Waals surface area contributed by atoms with Crippen LogP contribution in [0, 0.1) is 5.82 Å². The number of aromatic nitrogens is 2. The number of nitrogens with zero attached hydrogens (tertiary/aromatic N) is 2. The summed E-state index contributed by atoms with van der Waals surface area (Å²) in [6, 6.07) is 3.92. The number of methoxy groups -OCH3 is 2. The summed E-state index contributed by atoms with van der Waals surface area (Å²) < 4.78 is 31.4. The maximum atomic E-state index is 15.3. The van der Waals surface area contributed by atoms with Crippen molar-refractivity contribution in [3.63, 3.8) is 0 Å². The first kappa shape index (κ1) is 25.0. The van der Waals surface area contributed by atoms with Crippen LogP contribution in [0.1, 0.15) is 6.42 Å². The Hall–Kier alpha value is -3.14. The highest BCUT2D eigenvalue weighted by molar-refractivity contribution is 6.41. The van der Waals surface area contributed by atoms with Crippen molar-refractivity contribution in [2.24, 2.45) is 0 Å². The van der Waals surface area contributed by atoms with E-state index in [9.17, 15) is 4.79 Å². The Balaban J connectivity index is 1.68. The minimum Gasteiger partial charge on any atom is -0.495 e. The molecule has 0 aliphatic carbocycles. The minimum atomic E-state index is -0.585. The molecule has 35 heavy (non-hydrogen) atoms. The highest BCUT2D eigenvalue weighted by Crippen LogP contribution is 2.47. The lowest BCUT2D eigenvalue weighted by atomic mass is 10.0. The van der Waals surface area contributed by atoms with Crippen LogP contribution >= 0.6 is 23.2 Å². The van der Waals surface area contributed by atoms with Gasteiger partial charge in [0.2, 0.25) is 11.9 Å². The maximum absolute atomic E-state index is 15.3. The molecule has 1 aliphatic rings. The second kappa shape index (κ2) is 10.6. The first-order chi connectivity index (χ1) is 16.9. The van der Waals surface area contributed by atoms with Gasteiger partial charge in [-0.3, -0.25) is 4.79 Å². The molecule has 2 aromatic carbocycles. The molecular formula is C24H23Cl2FN4O4. The van der Waals surface area contributed by atoms with Crippen molar-refractivity contribution >= 4 is 46.0 Å². The number of nitrogens with one attached hydrogen (secondary N) is 2. The van der Waals surface area contributed by atoms with Gasteiger partial charge in [-0.25, -0.2) is 14.4 Å². The Bertz CT molecular complexity index is 1260. The third-order valence-corrected chi connectivity index (χ3v) is 6.45. The van der Waals surface area contributed by atoms with Gasteiger partial charge in [-0.1, -0.05) is 29.8 Å². The molecule has 1 fully saturated rings. The molecule has 1 aromatic heterocycles. The van der Waals surface area contributed by atoms with Crippen LogP contribution < -0.4 is 20.1 Å². The lowest BCUT2D eigenvalue weighted by molar-refractivity contribution is -0.117. The summed E-state index contributed by atoms with van der Waals surface area (Å²) in [5, 5.41) is 6.93. The summed E-state index contributed by atoms with van der Waals surface area (Å²) in [5.74, 6) is 0.0109. The zero-order chi connectivity index (χ0) is 25.1. The van der Waals surface area contributed by atoms with Crippen molar-refractivity contribution in [3.05, 3.63) is 52.9 Å². The van der Waals surface area contributed by atoms with Gasteiger partial charge in [-0.2, -0.15) is 0 Å². The second-order valence-corrected chi connectivity index (χ2v) is 8.56. The largest absolute Gasteiger partial charge is 0.495 e. The molecular weight excluding hydrogens is 498 g/mol. The fourth-order valence-corrected chi connectivity index (χ4v) is 4.60. The Kier molecular flexibility index (Phi) is 7.59. The molecule has 1 saturated heterocycles. The molecule has 3 aromatic rings. The molecule has 2 heterocycles. The van der Waals surface area contributed by atoms with E-state index < -0.39 is 5.82 Å². The molecule has 8 nitrogen and oxygen atoms in total. The number of carbonyl (C=O) groups is 1. The number of carbonyl (C=O) groups excluding carboxylic acids is 1. The number of amides is 1. The van der Waals surface area contributed by atoms with Crippen LogP contribution in [0.15, 0.2) is 37.1 Å². The van der Waals surface area contributed by atoms with Gasteiger partial charge in [0, 0.05) is 41.4 Å². The van der Waals surface area contributed by atoms with E-state index in [0.29, 0.717) is 42.0 Å². The molecule has 0 bridgehead atoms. The number of anilines is 1. The van der Waals surface area contributed by atoms with Crippen molar-refractivity contribution in [2.75, 3.05) is 32.8 Å². The normalized spacial score (nSPS) is 17.6. The molecule has 2 unspecified atom stereocenters. The van der Waals surface area contributed by atoms with E-state index in [4.69, 9.17) is 37.4 Å². The van der Waals surface area contributed by atoms with Crippen LogP contribution in [0.3, 0.4) is 0 Å². The number of hydrogen-bond donors (Lipinski definition) is 2. The molecule has 4 rings (SSSR count). The maximum Gasteiger partial charge on any atom is 0.243 e. The third kappa shape index (κ3) is 5.12. The summed E-state index contributed by atoms with van der Waals surface area (Å²) in [5.41, 5.74) is 0.766. The summed E-state index contributed by atoms with van der Waals surface area (Å²) >= 11 is 12.9. The van der Waals surface area contributed by atoms with Crippen LogP contribution in [-0.4, -0.2) is 55.4 Å². The number of rotatable bonds is 7. The Morgan fingerprint density at radius 2 is 1.91 bits per heavy atom. The van der Waals surface area contributed by atoms with Crippen molar-refractivity contribution in [3.8, 4) is 22.6 Å². The van der Waals surface area contributed by atoms with Crippen molar-refractivity contribution in [1.29, 1.82) is 0 Å². The van der Waals surface area contributed by atoms with E-state index in [2.05, 4.69) is 27.2 Å². The van der Waals surface area contributed by atoms with E-state index >= 15 is 4.39 Å². The quantitative estimate of drug-likeness (QED) is 0.438. The molecule has 0 saturated carbocycles. The molecule has 2 N–H and O–H groups in total. The van der Waals surface area contributed by atoms with Gasteiger partial charge in [-0.15, -0.1) is 0 Å². The third-order valence-electron chi connectivity index (χ3n) is 5.70. The average Bonchev–Trinajstić information content (AvgIpc) is 2.85. The van der Waals surface area contributed by atoms with Gasteiger partial charge >= 0.3 is 0 Å². The van der Waals surface area contributed by atoms with Crippen LogP contribution in [0.4, 0.5) is 10.3 Å². The smallest absolute Gasteiger partial charge is 0.243 e. The number of benzene rings is 2. The molecule has 0 radical (unpaired) electrons. The summed E-state index contributed by atoms with van der Waals surface area (Å²) in [6.07, 6.45) is 3.40. The van der Waals surface area contributed by atoms with Gasteiger partial charge in [0.15, 0.2) is 0 Å². The predicted molar refractivity (Wildman–Crippen MR) is 133 cm³/mol. The highest BCUT2D eigenvalue weighted by atomic mass is 35.5. The summed E-state index contributed by atoms with van der Waals surface area (Å²) in [4.78, 5) is 20.6. The molecule has 0 spiro atoms.